The first kappa shape index (κ1) is 13.6. The number of hydrogen-bond donors (Lipinski definition) is 2. The normalized spacial score (nSPS) is 11.3. The number of hydrogen-bond acceptors (Lipinski definition) is 6. The number of aromatic nitrogens is 2. The number of nitrogen functional groups attached to an aromatic ring is 1. The summed E-state index contributed by atoms with van der Waals surface area (Å²) in [7, 11) is 0. The van der Waals surface area contributed by atoms with Gasteiger partial charge in [-0.25, -0.2) is 9.97 Å². The second kappa shape index (κ2) is 5.86. The third-order valence-electron chi connectivity index (χ3n) is 2.83. The summed E-state index contributed by atoms with van der Waals surface area (Å²) in [5.41, 5.74) is 12.7. The quantitative estimate of drug-likeness (QED) is 0.824. The summed E-state index contributed by atoms with van der Waals surface area (Å²) in [5, 5.41) is 1.02. The van der Waals surface area contributed by atoms with Crippen LogP contribution in [0.1, 0.15) is 22.7 Å². The molecule has 4 N–H and O–H groups in total. The summed E-state index contributed by atoms with van der Waals surface area (Å²) < 4.78 is 0. The fourth-order valence-electron chi connectivity index (χ4n) is 1.74. The largest absolute Gasteiger partial charge is 0.383 e. The van der Waals surface area contributed by atoms with Crippen LogP contribution in [0.5, 0.6) is 0 Å². The number of rotatable bonds is 5. The minimum absolute atomic E-state index is 0.608. The van der Waals surface area contributed by atoms with Gasteiger partial charge in [-0.2, -0.15) is 11.8 Å². The third kappa shape index (κ3) is 2.76. The van der Waals surface area contributed by atoms with Gasteiger partial charge in [0.1, 0.15) is 16.5 Å². The molecule has 0 aromatic carbocycles. The van der Waals surface area contributed by atoms with E-state index >= 15 is 0 Å². The van der Waals surface area contributed by atoms with Crippen molar-refractivity contribution in [2.24, 2.45) is 5.73 Å². The molecule has 0 spiro atoms. The van der Waals surface area contributed by atoms with Crippen molar-refractivity contribution in [3.63, 3.8) is 0 Å². The van der Waals surface area contributed by atoms with Crippen molar-refractivity contribution in [1.29, 1.82) is 0 Å². The first-order valence-electron chi connectivity index (χ1n) is 5.93. The van der Waals surface area contributed by atoms with Crippen molar-refractivity contribution in [3.8, 4) is 0 Å². The molecule has 2 aromatic rings. The van der Waals surface area contributed by atoms with Crippen LogP contribution in [-0.2, 0) is 5.75 Å². The minimum Gasteiger partial charge on any atom is -0.383 e. The summed E-state index contributed by atoms with van der Waals surface area (Å²) in [6.07, 6.45) is 1.03. The number of nitrogens with two attached hydrogens (primary N) is 2. The third-order valence-corrected chi connectivity index (χ3v) is 4.97. The Morgan fingerprint density at radius 1 is 1.28 bits per heavy atom. The number of aryl methyl sites for hydroxylation is 2. The molecule has 0 amide bonds. The fraction of sp³-hybridized carbons (Fsp3) is 0.500. The average molecular weight is 282 g/mol. The predicted octanol–water partition coefficient (Wildman–Crippen LogP) is 2.47. The van der Waals surface area contributed by atoms with Crippen molar-refractivity contribution in [3.05, 3.63) is 16.3 Å². The summed E-state index contributed by atoms with van der Waals surface area (Å²) >= 11 is 3.49. The molecule has 0 atom stereocenters. The van der Waals surface area contributed by atoms with E-state index < -0.39 is 0 Å². The Morgan fingerprint density at radius 2 is 2.06 bits per heavy atom. The summed E-state index contributed by atoms with van der Waals surface area (Å²) in [6, 6.07) is 0. The molecule has 18 heavy (non-hydrogen) atoms. The number of fused-ring (bicyclic) bond motifs is 1. The topological polar surface area (TPSA) is 77.8 Å². The van der Waals surface area contributed by atoms with Crippen LogP contribution in [0.15, 0.2) is 0 Å². The molecule has 0 aliphatic carbocycles. The highest BCUT2D eigenvalue weighted by Gasteiger charge is 2.12. The van der Waals surface area contributed by atoms with E-state index in [0.717, 1.165) is 40.5 Å². The average Bonchev–Trinajstić information content (AvgIpc) is 2.61. The number of nitrogens with zero attached hydrogens (tertiary/aromatic N) is 2. The summed E-state index contributed by atoms with van der Waals surface area (Å²) in [5.74, 6) is 3.27. The molecule has 2 aromatic heterocycles. The van der Waals surface area contributed by atoms with E-state index in [0.29, 0.717) is 5.82 Å². The molecule has 0 aliphatic heterocycles. The highest BCUT2D eigenvalue weighted by atomic mass is 32.2. The SMILES string of the molecule is Cc1sc2nc(CSCCCN)nc(N)c2c1C. The lowest BCUT2D eigenvalue weighted by atomic mass is 10.2. The van der Waals surface area contributed by atoms with Gasteiger partial charge < -0.3 is 11.5 Å². The van der Waals surface area contributed by atoms with E-state index in [1.165, 1.54) is 10.4 Å². The molecule has 0 unspecified atom stereocenters. The number of thiophene rings is 1. The standard InChI is InChI=1S/C12H18N4S2/c1-7-8(2)18-12-10(7)11(14)15-9(16-12)6-17-5-3-4-13/h3-6,13H2,1-2H3,(H2,14,15,16). The lowest BCUT2D eigenvalue weighted by Crippen LogP contribution is -2.01. The van der Waals surface area contributed by atoms with Gasteiger partial charge in [0.25, 0.3) is 0 Å². The fourth-order valence-corrected chi connectivity index (χ4v) is 3.62. The van der Waals surface area contributed by atoms with Crippen molar-refractivity contribution in [2.75, 3.05) is 18.0 Å². The van der Waals surface area contributed by atoms with Crippen molar-refractivity contribution < 1.29 is 0 Å². The van der Waals surface area contributed by atoms with E-state index in [1.807, 2.05) is 0 Å². The van der Waals surface area contributed by atoms with Crippen LogP contribution in [0, 0.1) is 13.8 Å². The zero-order chi connectivity index (χ0) is 13.1. The molecule has 2 rings (SSSR count). The molecule has 0 bridgehead atoms. The molecule has 0 saturated carbocycles. The van der Waals surface area contributed by atoms with Crippen LogP contribution in [0.25, 0.3) is 10.2 Å². The van der Waals surface area contributed by atoms with Crippen LogP contribution in [0.2, 0.25) is 0 Å². The van der Waals surface area contributed by atoms with E-state index in [9.17, 15) is 0 Å². The zero-order valence-electron chi connectivity index (χ0n) is 10.7. The van der Waals surface area contributed by atoms with E-state index in [2.05, 4.69) is 23.8 Å². The number of anilines is 1. The van der Waals surface area contributed by atoms with Crippen LogP contribution < -0.4 is 11.5 Å². The van der Waals surface area contributed by atoms with Gasteiger partial charge in [0.2, 0.25) is 0 Å². The molecule has 0 fully saturated rings. The lowest BCUT2D eigenvalue weighted by molar-refractivity contribution is 0.941. The molecule has 0 saturated heterocycles. The van der Waals surface area contributed by atoms with E-state index in [-0.39, 0.29) is 0 Å². The van der Waals surface area contributed by atoms with Gasteiger partial charge in [-0.05, 0) is 38.1 Å². The van der Waals surface area contributed by atoms with E-state index in [1.54, 1.807) is 23.1 Å². The Morgan fingerprint density at radius 3 is 2.78 bits per heavy atom. The molecule has 98 valence electrons. The Balaban J connectivity index is 2.21. The predicted molar refractivity (Wildman–Crippen MR) is 81.1 cm³/mol. The van der Waals surface area contributed by atoms with Gasteiger partial charge in [-0.15, -0.1) is 11.3 Å². The minimum atomic E-state index is 0.608. The maximum atomic E-state index is 6.03. The highest BCUT2D eigenvalue weighted by Crippen LogP contribution is 2.32. The maximum Gasteiger partial charge on any atom is 0.142 e. The van der Waals surface area contributed by atoms with Crippen LogP contribution >= 0.6 is 23.1 Å². The van der Waals surface area contributed by atoms with Crippen LogP contribution in [-0.4, -0.2) is 22.3 Å². The molecule has 4 nitrogen and oxygen atoms in total. The maximum absolute atomic E-state index is 6.03. The highest BCUT2D eigenvalue weighted by molar-refractivity contribution is 7.98. The second-order valence-electron chi connectivity index (χ2n) is 4.18. The lowest BCUT2D eigenvalue weighted by Gasteiger charge is -2.03. The second-order valence-corrected chi connectivity index (χ2v) is 6.49. The molecular formula is C12H18N4S2. The van der Waals surface area contributed by atoms with Crippen molar-refractivity contribution in [1.82, 2.24) is 9.97 Å². The molecule has 6 heteroatoms. The molecule has 2 heterocycles. The molecular weight excluding hydrogens is 264 g/mol. The Bertz CT molecular complexity index is 550. The van der Waals surface area contributed by atoms with Gasteiger partial charge in [-0.1, -0.05) is 0 Å². The molecule has 0 aliphatic rings. The van der Waals surface area contributed by atoms with Crippen LogP contribution in [0.3, 0.4) is 0 Å². The Kier molecular flexibility index (Phi) is 4.42. The first-order chi connectivity index (χ1) is 8.63. The smallest absolute Gasteiger partial charge is 0.142 e. The van der Waals surface area contributed by atoms with Gasteiger partial charge in [0.05, 0.1) is 11.1 Å². The summed E-state index contributed by atoms with van der Waals surface area (Å²) in [6.45, 7) is 4.90. The van der Waals surface area contributed by atoms with Gasteiger partial charge in [0.15, 0.2) is 0 Å². The van der Waals surface area contributed by atoms with Crippen molar-refractivity contribution in [2.45, 2.75) is 26.0 Å². The Labute approximate surface area is 115 Å². The monoisotopic (exact) mass is 282 g/mol. The summed E-state index contributed by atoms with van der Waals surface area (Å²) in [4.78, 5) is 11.3. The van der Waals surface area contributed by atoms with E-state index in [4.69, 9.17) is 11.5 Å². The number of thioether (sulfide) groups is 1. The van der Waals surface area contributed by atoms with Crippen molar-refractivity contribution >= 4 is 39.1 Å². The van der Waals surface area contributed by atoms with Gasteiger partial charge in [0, 0.05) is 4.88 Å². The van der Waals surface area contributed by atoms with Gasteiger partial charge >= 0.3 is 0 Å². The van der Waals surface area contributed by atoms with Gasteiger partial charge in [-0.3, -0.25) is 0 Å². The Hall–Kier alpha value is -0.850. The first-order valence-corrected chi connectivity index (χ1v) is 7.90. The zero-order valence-corrected chi connectivity index (χ0v) is 12.3. The molecule has 0 radical (unpaired) electrons. The van der Waals surface area contributed by atoms with Crippen LogP contribution in [0.4, 0.5) is 5.82 Å².